The molecule has 2 rings (SSSR count). The van der Waals surface area contributed by atoms with Crippen molar-refractivity contribution in [2.24, 2.45) is 0 Å². The Labute approximate surface area is 107 Å². The highest BCUT2D eigenvalue weighted by molar-refractivity contribution is 7.92. The van der Waals surface area contributed by atoms with Crippen LogP contribution in [-0.2, 0) is 9.84 Å². The fourth-order valence-electron chi connectivity index (χ4n) is 2.33. The maximum Gasteiger partial charge on any atom is 0.204 e. The minimum Gasteiger partial charge on any atom is -0.288 e. The van der Waals surface area contributed by atoms with Gasteiger partial charge < -0.3 is 0 Å². The largest absolute Gasteiger partial charge is 0.288 e. The van der Waals surface area contributed by atoms with Crippen molar-refractivity contribution >= 4 is 9.84 Å². The molecule has 0 atom stereocenters. The normalized spacial score (nSPS) is 17.5. The Kier molecular flexibility index (Phi) is 3.56. The Morgan fingerprint density at radius 1 is 1.33 bits per heavy atom. The minimum atomic E-state index is -3.42. The molecule has 100 valence electrons. The van der Waals surface area contributed by atoms with Crippen molar-refractivity contribution < 1.29 is 8.42 Å². The molecule has 0 amide bonds. The van der Waals surface area contributed by atoms with E-state index in [9.17, 15) is 13.2 Å². The Balaban J connectivity index is 2.40. The molecule has 0 aliphatic heterocycles. The number of rotatable bonds is 3. The number of nitrogens with one attached hydrogen (secondary N) is 1. The summed E-state index contributed by atoms with van der Waals surface area (Å²) in [4.78, 5) is 11.8. The fraction of sp³-hybridized carbons (Fsp3) is 0.667. The van der Waals surface area contributed by atoms with Crippen LogP contribution in [-0.4, -0.2) is 23.9 Å². The van der Waals surface area contributed by atoms with Crippen molar-refractivity contribution in [3.8, 4) is 0 Å². The first-order chi connectivity index (χ1) is 8.43. The summed E-state index contributed by atoms with van der Waals surface area (Å²) in [6.45, 7) is 3.70. The molecule has 0 aromatic carbocycles. The first kappa shape index (κ1) is 13.3. The van der Waals surface area contributed by atoms with Gasteiger partial charge in [0.1, 0.15) is 5.69 Å². The molecule has 0 saturated heterocycles. The van der Waals surface area contributed by atoms with Gasteiger partial charge >= 0.3 is 0 Å². The van der Waals surface area contributed by atoms with Crippen molar-refractivity contribution in [2.45, 2.75) is 55.7 Å². The Morgan fingerprint density at radius 2 is 1.94 bits per heavy atom. The molecule has 0 bridgehead atoms. The number of aromatic nitrogens is 2. The minimum absolute atomic E-state index is 0.0167. The molecule has 1 N–H and O–H groups in total. The zero-order chi connectivity index (χ0) is 13.3. The summed E-state index contributed by atoms with van der Waals surface area (Å²) in [6.07, 6.45) is 3.23. The molecule has 1 fully saturated rings. The van der Waals surface area contributed by atoms with Gasteiger partial charge in [-0.15, -0.1) is 0 Å². The third-order valence-electron chi connectivity index (χ3n) is 3.40. The van der Waals surface area contributed by atoms with Crippen molar-refractivity contribution in [1.29, 1.82) is 0 Å². The van der Waals surface area contributed by atoms with Crippen LogP contribution in [0.2, 0.25) is 0 Å². The molecule has 18 heavy (non-hydrogen) atoms. The Bertz CT molecular complexity index is 584. The van der Waals surface area contributed by atoms with Crippen LogP contribution in [0.3, 0.4) is 0 Å². The number of aromatic amines is 1. The van der Waals surface area contributed by atoms with Crippen LogP contribution >= 0.6 is 0 Å². The second-order valence-electron chi connectivity index (χ2n) is 5.09. The van der Waals surface area contributed by atoms with Gasteiger partial charge in [-0.2, -0.15) is 5.10 Å². The number of hydrogen-bond donors (Lipinski definition) is 1. The van der Waals surface area contributed by atoms with Gasteiger partial charge in [-0.3, -0.25) is 9.89 Å². The molecule has 1 aliphatic rings. The van der Waals surface area contributed by atoms with E-state index in [1.54, 1.807) is 0 Å². The lowest BCUT2D eigenvalue weighted by atomic mass is 10.1. The molecule has 1 saturated carbocycles. The summed E-state index contributed by atoms with van der Waals surface area (Å²) in [7, 11) is -3.42. The summed E-state index contributed by atoms with van der Waals surface area (Å²) in [6, 6.07) is 1.18. The highest BCUT2D eigenvalue weighted by Crippen LogP contribution is 2.28. The summed E-state index contributed by atoms with van der Waals surface area (Å²) >= 11 is 0. The Hall–Kier alpha value is -1.17. The van der Waals surface area contributed by atoms with Gasteiger partial charge in [-0.05, 0) is 12.8 Å². The molecule has 1 aromatic heterocycles. The number of hydrogen-bond acceptors (Lipinski definition) is 4. The predicted octanol–water partition coefficient (Wildman–Crippen LogP) is 1.61. The monoisotopic (exact) mass is 270 g/mol. The molecule has 0 spiro atoms. The van der Waals surface area contributed by atoms with Crippen LogP contribution in [0.4, 0.5) is 0 Å². The molecular formula is C12H18N2O3S. The zero-order valence-corrected chi connectivity index (χ0v) is 11.5. The summed E-state index contributed by atoms with van der Waals surface area (Å²) in [5.41, 5.74) is 0.0701. The summed E-state index contributed by atoms with van der Waals surface area (Å²) in [5, 5.41) is 6.04. The molecule has 6 heteroatoms. The van der Waals surface area contributed by atoms with Crippen LogP contribution < -0.4 is 5.43 Å². The fourth-order valence-corrected chi connectivity index (χ4v) is 4.09. The van der Waals surface area contributed by atoms with Crippen LogP contribution in [0.15, 0.2) is 15.9 Å². The van der Waals surface area contributed by atoms with Crippen LogP contribution in [0, 0.1) is 0 Å². The van der Waals surface area contributed by atoms with E-state index in [1.165, 1.54) is 6.07 Å². The van der Waals surface area contributed by atoms with E-state index in [4.69, 9.17) is 0 Å². The Morgan fingerprint density at radius 3 is 2.44 bits per heavy atom. The van der Waals surface area contributed by atoms with E-state index in [2.05, 4.69) is 10.2 Å². The van der Waals surface area contributed by atoms with Gasteiger partial charge in [0.2, 0.25) is 5.43 Å². The third-order valence-corrected chi connectivity index (χ3v) is 5.57. The highest BCUT2D eigenvalue weighted by atomic mass is 32.2. The standard InChI is InChI=1S/C12H18N2O3S/c1-8(2)12-10(15)7-11(13-14-12)18(16,17)9-5-3-4-6-9/h7-9H,3-6H2,1-2H3,(H,13,15). The molecule has 0 radical (unpaired) electrons. The lowest BCUT2D eigenvalue weighted by Gasteiger charge is -2.11. The molecule has 0 unspecified atom stereocenters. The van der Waals surface area contributed by atoms with E-state index in [0.29, 0.717) is 18.5 Å². The second-order valence-corrected chi connectivity index (χ2v) is 7.28. The van der Waals surface area contributed by atoms with Gasteiger partial charge in [0.25, 0.3) is 0 Å². The topological polar surface area (TPSA) is 79.9 Å². The molecule has 1 heterocycles. The summed E-state index contributed by atoms with van der Waals surface area (Å²) in [5.74, 6) is -0.0167. The van der Waals surface area contributed by atoms with E-state index >= 15 is 0 Å². The second kappa shape index (κ2) is 4.84. The van der Waals surface area contributed by atoms with Gasteiger partial charge in [0.15, 0.2) is 14.9 Å². The van der Waals surface area contributed by atoms with Gasteiger partial charge in [0.05, 0.1) is 5.25 Å². The predicted molar refractivity (Wildman–Crippen MR) is 68.4 cm³/mol. The summed E-state index contributed by atoms with van der Waals surface area (Å²) < 4.78 is 24.5. The number of nitrogens with zero attached hydrogens (tertiary/aromatic N) is 1. The average molecular weight is 270 g/mol. The zero-order valence-electron chi connectivity index (χ0n) is 10.6. The maximum absolute atomic E-state index is 12.3. The van der Waals surface area contributed by atoms with Gasteiger partial charge in [0, 0.05) is 12.0 Å². The van der Waals surface area contributed by atoms with Gasteiger partial charge in [-0.1, -0.05) is 26.7 Å². The van der Waals surface area contributed by atoms with Crippen molar-refractivity contribution in [3.63, 3.8) is 0 Å². The molecule has 1 aliphatic carbocycles. The van der Waals surface area contributed by atoms with Gasteiger partial charge in [-0.25, -0.2) is 8.42 Å². The first-order valence-electron chi connectivity index (χ1n) is 6.26. The first-order valence-corrected chi connectivity index (χ1v) is 7.81. The molecular weight excluding hydrogens is 252 g/mol. The maximum atomic E-state index is 12.3. The average Bonchev–Trinajstić information content (AvgIpc) is 2.82. The smallest absolute Gasteiger partial charge is 0.204 e. The molecule has 1 aromatic rings. The quantitative estimate of drug-likeness (QED) is 0.905. The van der Waals surface area contributed by atoms with Crippen molar-refractivity contribution in [1.82, 2.24) is 10.2 Å². The van der Waals surface area contributed by atoms with E-state index in [-0.39, 0.29) is 21.6 Å². The van der Waals surface area contributed by atoms with Crippen LogP contribution in [0.5, 0.6) is 0 Å². The van der Waals surface area contributed by atoms with E-state index in [1.807, 2.05) is 13.8 Å². The van der Waals surface area contributed by atoms with Crippen LogP contribution in [0.1, 0.15) is 51.1 Å². The lowest BCUT2D eigenvalue weighted by molar-refractivity contribution is 0.572. The number of sulfone groups is 1. The van der Waals surface area contributed by atoms with Crippen molar-refractivity contribution in [2.75, 3.05) is 0 Å². The van der Waals surface area contributed by atoms with Crippen molar-refractivity contribution in [3.05, 3.63) is 22.0 Å². The number of H-pyrrole nitrogens is 1. The third kappa shape index (κ3) is 2.34. The lowest BCUT2D eigenvalue weighted by Crippen LogP contribution is -2.23. The molecule has 5 nitrogen and oxygen atoms in total. The highest BCUT2D eigenvalue weighted by Gasteiger charge is 2.31. The van der Waals surface area contributed by atoms with E-state index in [0.717, 1.165) is 12.8 Å². The van der Waals surface area contributed by atoms with E-state index < -0.39 is 9.84 Å². The SMILES string of the molecule is CC(C)c1n[nH]c(S(=O)(=O)C2CCCC2)cc1=O. The van der Waals surface area contributed by atoms with Crippen LogP contribution in [0.25, 0.3) is 0 Å².